The first-order chi connectivity index (χ1) is 7.28. The summed E-state index contributed by atoms with van der Waals surface area (Å²) in [4.78, 5) is 22.6. The Bertz CT molecular complexity index is 400. The molecule has 0 aromatic carbocycles. The lowest BCUT2D eigenvalue weighted by Gasteiger charge is -2.18. The van der Waals surface area contributed by atoms with Crippen molar-refractivity contribution in [2.75, 3.05) is 5.32 Å². The number of ether oxygens (including phenoxy) is 1. The second kappa shape index (κ2) is 4.38. The van der Waals surface area contributed by atoms with E-state index in [0.717, 1.165) is 0 Å². The van der Waals surface area contributed by atoms with Crippen LogP contribution in [0.4, 0.5) is 5.88 Å². The number of anilines is 1. The normalized spacial score (nSPS) is 11.0. The SMILES string of the molecule is Cc1ccc(NC(=O)C(=O)OC(C)(C)C)o1. The molecule has 0 unspecified atom stereocenters. The zero-order chi connectivity index (χ0) is 12.3. The van der Waals surface area contributed by atoms with E-state index in [-0.39, 0.29) is 5.88 Å². The standard InChI is InChI=1S/C11H15NO4/c1-7-5-6-8(15-7)12-9(13)10(14)16-11(2,3)4/h5-6H,1-4H3,(H,12,13). The number of aryl methyl sites for hydroxylation is 1. The van der Waals surface area contributed by atoms with Crippen molar-refractivity contribution in [1.82, 2.24) is 0 Å². The van der Waals surface area contributed by atoms with Crippen LogP contribution in [0.3, 0.4) is 0 Å². The Hall–Kier alpha value is -1.78. The summed E-state index contributed by atoms with van der Waals surface area (Å²) >= 11 is 0. The van der Waals surface area contributed by atoms with Gasteiger partial charge in [-0.05, 0) is 33.8 Å². The number of amides is 1. The molecule has 0 bridgehead atoms. The highest BCUT2D eigenvalue weighted by molar-refractivity contribution is 6.37. The van der Waals surface area contributed by atoms with Crippen molar-refractivity contribution in [1.29, 1.82) is 0 Å². The van der Waals surface area contributed by atoms with Crippen molar-refractivity contribution in [2.24, 2.45) is 0 Å². The molecule has 1 amide bonds. The molecule has 5 nitrogen and oxygen atoms in total. The number of esters is 1. The Morgan fingerprint density at radius 1 is 1.31 bits per heavy atom. The fourth-order valence-electron chi connectivity index (χ4n) is 0.989. The molecule has 1 heterocycles. The molecule has 0 saturated heterocycles. The van der Waals surface area contributed by atoms with Crippen LogP contribution in [-0.4, -0.2) is 17.5 Å². The highest BCUT2D eigenvalue weighted by Gasteiger charge is 2.23. The highest BCUT2D eigenvalue weighted by Crippen LogP contribution is 2.12. The number of carbonyl (C=O) groups excluding carboxylic acids is 2. The van der Waals surface area contributed by atoms with Crippen molar-refractivity contribution < 1.29 is 18.7 Å². The van der Waals surface area contributed by atoms with E-state index in [9.17, 15) is 9.59 Å². The second-order valence-corrected chi connectivity index (χ2v) is 4.37. The van der Waals surface area contributed by atoms with Gasteiger partial charge in [0, 0.05) is 6.07 Å². The molecule has 0 fully saturated rings. The van der Waals surface area contributed by atoms with Crippen molar-refractivity contribution in [3.8, 4) is 0 Å². The highest BCUT2D eigenvalue weighted by atomic mass is 16.6. The predicted octanol–water partition coefficient (Wildman–Crippen LogP) is 1.87. The van der Waals surface area contributed by atoms with Gasteiger partial charge in [-0.1, -0.05) is 0 Å². The predicted molar refractivity (Wildman–Crippen MR) is 57.9 cm³/mol. The van der Waals surface area contributed by atoms with Gasteiger partial charge < -0.3 is 9.15 Å². The van der Waals surface area contributed by atoms with Crippen molar-refractivity contribution in [3.63, 3.8) is 0 Å². The fraction of sp³-hybridized carbons (Fsp3) is 0.455. The molecular weight excluding hydrogens is 210 g/mol. The smallest absolute Gasteiger partial charge is 0.397 e. The minimum absolute atomic E-state index is 0.230. The Balaban J connectivity index is 2.56. The Kier molecular flexibility index (Phi) is 3.37. The topological polar surface area (TPSA) is 68.5 Å². The lowest BCUT2D eigenvalue weighted by atomic mass is 10.2. The Morgan fingerprint density at radius 3 is 2.38 bits per heavy atom. The van der Waals surface area contributed by atoms with Gasteiger partial charge in [-0.3, -0.25) is 10.1 Å². The number of carbonyl (C=O) groups is 2. The molecule has 16 heavy (non-hydrogen) atoms. The van der Waals surface area contributed by atoms with Crippen LogP contribution in [0.1, 0.15) is 26.5 Å². The van der Waals surface area contributed by atoms with Crippen LogP contribution in [0.2, 0.25) is 0 Å². The van der Waals surface area contributed by atoms with Gasteiger partial charge in [-0.2, -0.15) is 0 Å². The molecule has 0 radical (unpaired) electrons. The number of hydrogen-bond donors (Lipinski definition) is 1. The number of rotatable bonds is 1. The van der Waals surface area contributed by atoms with Gasteiger partial charge in [0.25, 0.3) is 0 Å². The maximum Gasteiger partial charge on any atom is 0.397 e. The van der Waals surface area contributed by atoms with E-state index >= 15 is 0 Å². The summed E-state index contributed by atoms with van der Waals surface area (Å²) in [5.74, 6) is -0.890. The van der Waals surface area contributed by atoms with Crippen LogP contribution in [0.15, 0.2) is 16.5 Å². The minimum Gasteiger partial charge on any atom is -0.453 e. The number of nitrogens with one attached hydrogen (secondary N) is 1. The van der Waals surface area contributed by atoms with E-state index < -0.39 is 17.5 Å². The average Bonchev–Trinajstić information content (AvgIpc) is 2.48. The van der Waals surface area contributed by atoms with Crippen molar-refractivity contribution >= 4 is 17.8 Å². The van der Waals surface area contributed by atoms with Crippen LogP contribution in [0.25, 0.3) is 0 Å². The maximum absolute atomic E-state index is 11.4. The van der Waals surface area contributed by atoms with E-state index in [1.54, 1.807) is 39.8 Å². The van der Waals surface area contributed by atoms with Gasteiger partial charge in [0.2, 0.25) is 0 Å². The zero-order valence-corrected chi connectivity index (χ0v) is 9.79. The summed E-state index contributed by atoms with van der Waals surface area (Å²) < 4.78 is 9.98. The molecule has 1 aromatic heterocycles. The van der Waals surface area contributed by atoms with Crippen LogP contribution >= 0.6 is 0 Å². The first-order valence-corrected chi connectivity index (χ1v) is 4.89. The third-order valence-corrected chi connectivity index (χ3v) is 1.56. The minimum atomic E-state index is -0.929. The summed E-state index contributed by atoms with van der Waals surface area (Å²) in [5.41, 5.74) is -0.687. The van der Waals surface area contributed by atoms with Crippen LogP contribution in [-0.2, 0) is 14.3 Å². The van der Waals surface area contributed by atoms with Gasteiger partial charge in [-0.15, -0.1) is 0 Å². The van der Waals surface area contributed by atoms with Gasteiger partial charge >= 0.3 is 11.9 Å². The third-order valence-electron chi connectivity index (χ3n) is 1.56. The summed E-state index contributed by atoms with van der Waals surface area (Å²) in [7, 11) is 0. The third kappa shape index (κ3) is 3.76. The molecule has 0 aliphatic heterocycles. The van der Waals surface area contributed by atoms with Gasteiger partial charge in [0.1, 0.15) is 11.4 Å². The monoisotopic (exact) mass is 225 g/mol. The van der Waals surface area contributed by atoms with Crippen molar-refractivity contribution in [2.45, 2.75) is 33.3 Å². The lowest BCUT2D eigenvalue weighted by molar-refractivity contribution is -0.161. The quantitative estimate of drug-likeness (QED) is 0.585. The average molecular weight is 225 g/mol. The summed E-state index contributed by atoms with van der Waals surface area (Å²) in [6, 6.07) is 3.25. The molecule has 0 aliphatic carbocycles. The van der Waals surface area contributed by atoms with E-state index in [0.29, 0.717) is 5.76 Å². The molecule has 0 saturated carbocycles. The molecule has 0 aliphatic rings. The largest absolute Gasteiger partial charge is 0.453 e. The Labute approximate surface area is 93.8 Å². The molecule has 5 heteroatoms. The van der Waals surface area contributed by atoms with Crippen LogP contribution < -0.4 is 5.32 Å². The molecule has 0 spiro atoms. The summed E-state index contributed by atoms with van der Waals surface area (Å²) in [6.07, 6.45) is 0. The van der Waals surface area contributed by atoms with E-state index in [2.05, 4.69) is 5.32 Å². The summed E-state index contributed by atoms with van der Waals surface area (Å²) in [6.45, 7) is 6.81. The second-order valence-electron chi connectivity index (χ2n) is 4.37. The van der Waals surface area contributed by atoms with Crippen molar-refractivity contribution in [3.05, 3.63) is 17.9 Å². The molecule has 1 N–H and O–H groups in total. The molecule has 1 rings (SSSR count). The zero-order valence-electron chi connectivity index (χ0n) is 9.79. The van der Waals surface area contributed by atoms with Gasteiger partial charge in [0.15, 0.2) is 5.88 Å². The first-order valence-electron chi connectivity index (χ1n) is 4.89. The van der Waals surface area contributed by atoms with Gasteiger partial charge in [0.05, 0.1) is 0 Å². The molecule has 1 aromatic rings. The van der Waals surface area contributed by atoms with Gasteiger partial charge in [-0.25, -0.2) is 4.79 Å². The number of furan rings is 1. The lowest BCUT2D eigenvalue weighted by Crippen LogP contribution is -2.32. The number of hydrogen-bond acceptors (Lipinski definition) is 4. The Morgan fingerprint density at radius 2 is 1.94 bits per heavy atom. The fourth-order valence-corrected chi connectivity index (χ4v) is 0.989. The van der Waals surface area contributed by atoms with E-state index in [1.807, 2.05) is 0 Å². The molecular formula is C11H15NO4. The van der Waals surface area contributed by atoms with E-state index in [4.69, 9.17) is 9.15 Å². The van der Waals surface area contributed by atoms with E-state index in [1.165, 1.54) is 0 Å². The molecule has 0 atom stereocenters. The van der Waals surface area contributed by atoms with Crippen LogP contribution in [0, 0.1) is 6.92 Å². The maximum atomic E-state index is 11.4. The van der Waals surface area contributed by atoms with Crippen LogP contribution in [0.5, 0.6) is 0 Å². The molecule has 88 valence electrons. The first kappa shape index (κ1) is 12.3. The summed E-state index contributed by atoms with van der Waals surface area (Å²) in [5, 5.41) is 2.30.